The van der Waals surface area contributed by atoms with E-state index < -0.39 is 0 Å². The van der Waals surface area contributed by atoms with Gasteiger partial charge in [0.15, 0.2) is 5.96 Å². The molecule has 0 atom stereocenters. The topological polar surface area (TPSA) is 60.7 Å². The Labute approximate surface area is 174 Å². The predicted octanol–water partition coefficient (Wildman–Crippen LogP) is 1.52. The van der Waals surface area contributed by atoms with Crippen molar-refractivity contribution in [3.63, 3.8) is 0 Å². The van der Waals surface area contributed by atoms with Crippen LogP contribution in [-0.4, -0.2) is 71.9 Å². The van der Waals surface area contributed by atoms with E-state index in [0.717, 1.165) is 64.0 Å². The van der Waals surface area contributed by atoms with E-state index in [4.69, 9.17) is 0 Å². The first-order valence-electron chi connectivity index (χ1n) is 10.5. The summed E-state index contributed by atoms with van der Waals surface area (Å²) in [6.07, 6.45) is 0. The van der Waals surface area contributed by atoms with Gasteiger partial charge in [-0.05, 0) is 19.4 Å². The number of aliphatic imine (C=N–C) groups is 1. The summed E-state index contributed by atoms with van der Waals surface area (Å²) in [7, 11) is 3.80. The lowest BCUT2D eigenvalue weighted by atomic mass is 10.2. The largest absolute Gasteiger partial charge is 0.355 e. The number of hydrogen-bond acceptors (Lipinski definition) is 4. The molecule has 1 aromatic carbocycles. The fourth-order valence-electron chi connectivity index (χ4n) is 3.81. The van der Waals surface area contributed by atoms with Gasteiger partial charge in [0.25, 0.3) is 0 Å². The van der Waals surface area contributed by atoms with Gasteiger partial charge in [0.2, 0.25) is 0 Å². The van der Waals surface area contributed by atoms with E-state index in [1.165, 1.54) is 16.8 Å². The zero-order valence-electron chi connectivity index (χ0n) is 18.3. The minimum atomic E-state index is 0.739. The smallest absolute Gasteiger partial charge is 0.191 e. The van der Waals surface area contributed by atoms with Crippen molar-refractivity contribution in [2.45, 2.75) is 26.9 Å². The van der Waals surface area contributed by atoms with E-state index in [9.17, 15) is 0 Å². The Hall–Kier alpha value is -2.38. The number of benzene rings is 1. The molecule has 1 fully saturated rings. The van der Waals surface area contributed by atoms with Crippen molar-refractivity contribution in [1.29, 1.82) is 0 Å². The highest BCUT2D eigenvalue weighted by molar-refractivity contribution is 5.79. The Morgan fingerprint density at radius 2 is 1.72 bits per heavy atom. The van der Waals surface area contributed by atoms with Crippen LogP contribution in [0, 0.1) is 13.8 Å². The number of rotatable bonds is 7. The van der Waals surface area contributed by atoms with Gasteiger partial charge in [-0.2, -0.15) is 5.10 Å². The lowest BCUT2D eigenvalue weighted by Gasteiger charge is -2.34. The molecular formula is C22H35N7. The van der Waals surface area contributed by atoms with Crippen LogP contribution in [0.2, 0.25) is 0 Å². The zero-order chi connectivity index (χ0) is 20.6. The third kappa shape index (κ3) is 6.05. The Balaban J connectivity index is 1.35. The number of nitrogens with zero attached hydrogens (tertiary/aromatic N) is 5. The number of piperazine rings is 1. The molecule has 1 aromatic heterocycles. The SMILES string of the molecule is CN=C(NCCN1CCN(Cc2ccccc2)CC1)NCc1c(C)nn(C)c1C. The molecule has 0 aliphatic carbocycles. The average Bonchev–Trinajstić information content (AvgIpc) is 2.98. The maximum atomic E-state index is 4.48. The number of nitrogens with one attached hydrogen (secondary N) is 2. The Morgan fingerprint density at radius 3 is 2.34 bits per heavy atom. The van der Waals surface area contributed by atoms with Gasteiger partial charge in [0.05, 0.1) is 5.69 Å². The van der Waals surface area contributed by atoms with Crippen LogP contribution in [0.4, 0.5) is 0 Å². The number of aromatic nitrogens is 2. The van der Waals surface area contributed by atoms with Crippen molar-refractivity contribution in [1.82, 2.24) is 30.2 Å². The second-order valence-corrected chi connectivity index (χ2v) is 7.73. The quantitative estimate of drug-likeness (QED) is 0.548. The van der Waals surface area contributed by atoms with E-state index in [2.05, 4.69) is 74.7 Å². The fraction of sp³-hybridized carbons (Fsp3) is 0.545. The molecule has 29 heavy (non-hydrogen) atoms. The van der Waals surface area contributed by atoms with Gasteiger partial charge >= 0.3 is 0 Å². The van der Waals surface area contributed by atoms with Crippen LogP contribution >= 0.6 is 0 Å². The minimum Gasteiger partial charge on any atom is -0.355 e. The highest BCUT2D eigenvalue weighted by atomic mass is 15.3. The molecule has 0 unspecified atom stereocenters. The van der Waals surface area contributed by atoms with Crippen LogP contribution in [-0.2, 0) is 20.1 Å². The molecule has 0 spiro atoms. The summed E-state index contributed by atoms with van der Waals surface area (Å²) in [5.41, 5.74) is 4.90. The molecule has 2 heterocycles. The fourth-order valence-corrected chi connectivity index (χ4v) is 3.81. The molecule has 1 aliphatic rings. The Morgan fingerprint density at radius 1 is 1.03 bits per heavy atom. The summed E-state index contributed by atoms with van der Waals surface area (Å²) in [6, 6.07) is 10.7. The third-order valence-electron chi connectivity index (χ3n) is 5.75. The van der Waals surface area contributed by atoms with Crippen molar-refractivity contribution >= 4 is 5.96 Å². The van der Waals surface area contributed by atoms with Crippen molar-refractivity contribution < 1.29 is 0 Å². The molecule has 7 heteroatoms. The predicted molar refractivity (Wildman–Crippen MR) is 119 cm³/mol. The van der Waals surface area contributed by atoms with Crippen LogP contribution < -0.4 is 10.6 Å². The van der Waals surface area contributed by atoms with Gasteiger partial charge in [-0.1, -0.05) is 30.3 Å². The molecule has 1 saturated heterocycles. The summed E-state index contributed by atoms with van der Waals surface area (Å²) in [5, 5.41) is 11.3. The molecule has 0 radical (unpaired) electrons. The van der Waals surface area contributed by atoms with Crippen molar-refractivity contribution in [3.05, 3.63) is 52.8 Å². The molecule has 0 saturated carbocycles. The van der Waals surface area contributed by atoms with Crippen molar-refractivity contribution in [2.24, 2.45) is 12.0 Å². The maximum Gasteiger partial charge on any atom is 0.191 e. The Kier molecular flexibility index (Phi) is 7.66. The van der Waals surface area contributed by atoms with Crippen molar-refractivity contribution in [3.8, 4) is 0 Å². The van der Waals surface area contributed by atoms with Crippen LogP contribution in [0.15, 0.2) is 35.3 Å². The zero-order valence-corrected chi connectivity index (χ0v) is 18.3. The molecule has 2 N–H and O–H groups in total. The lowest BCUT2D eigenvalue weighted by Crippen LogP contribution is -2.48. The third-order valence-corrected chi connectivity index (χ3v) is 5.75. The van der Waals surface area contributed by atoms with E-state index in [-0.39, 0.29) is 0 Å². The van der Waals surface area contributed by atoms with Gasteiger partial charge in [0.1, 0.15) is 0 Å². The van der Waals surface area contributed by atoms with Crippen LogP contribution in [0.5, 0.6) is 0 Å². The van der Waals surface area contributed by atoms with Gasteiger partial charge in [0, 0.05) is 77.7 Å². The first-order valence-corrected chi connectivity index (χ1v) is 10.5. The highest BCUT2D eigenvalue weighted by Crippen LogP contribution is 2.11. The molecule has 0 bridgehead atoms. The van der Waals surface area contributed by atoms with Crippen molar-refractivity contribution in [2.75, 3.05) is 46.3 Å². The molecule has 7 nitrogen and oxygen atoms in total. The van der Waals surface area contributed by atoms with Crippen LogP contribution in [0.3, 0.4) is 0 Å². The molecule has 158 valence electrons. The number of guanidine groups is 1. The normalized spacial score (nSPS) is 16.2. The average molecular weight is 398 g/mol. The van der Waals surface area contributed by atoms with E-state index in [0.29, 0.717) is 0 Å². The van der Waals surface area contributed by atoms with Crippen LogP contribution in [0.1, 0.15) is 22.5 Å². The maximum absolute atomic E-state index is 4.48. The van der Waals surface area contributed by atoms with Gasteiger partial charge in [-0.3, -0.25) is 19.5 Å². The number of aryl methyl sites for hydroxylation is 2. The molecule has 2 aromatic rings. The van der Waals surface area contributed by atoms with Gasteiger partial charge in [-0.25, -0.2) is 0 Å². The summed E-state index contributed by atoms with van der Waals surface area (Å²) in [5.74, 6) is 0.843. The molecular weight excluding hydrogens is 362 g/mol. The highest BCUT2D eigenvalue weighted by Gasteiger charge is 2.16. The van der Waals surface area contributed by atoms with Gasteiger partial charge < -0.3 is 10.6 Å². The van der Waals surface area contributed by atoms with E-state index in [1.807, 2.05) is 18.8 Å². The minimum absolute atomic E-state index is 0.739. The number of hydrogen-bond donors (Lipinski definition) is 2. The van der Waals surface area contributed by atoms with Gasteiger partial charge in [-0.15, -0.1) is 0 Å². The van der Waals surface area contributed by atoms with E-state index >= 15 is 0 Å². The molecule has 3 rings (SSSR count). The standard InChI is InChI=1S/C22H35N7/c1-18-21(19(2)27(4)26-18)16-25-22(23-3)24-10-11-28-12-14-29(15-13-28)17-20-8-6-5-7-9-20/h5-9H,10-17H2,1-4H3,(H2,23,24,25). The summed E-state index contributed by atoms with van der Waals surface area (Å²) >= 11 is 0. The molecule has 1 aliphatic heterocycles. The first-order chi connectivity index (χ1) is 14.1. The second kappa shape index (κ2) is 10.4. The van der Waals surface area contributed by atoms with Crippen LogP contribution in [0.25, 0.3) is 0 Å². The lowest BCUT2D eigenvalue weighted by molar-refractivity contribution is 0.129. The Bertz CT molecular complexity index is 789. The first kappa shape index (κ1) is 21.3. The summed E-state index contributed by atoms with van der Waals surface area (Å²) < 4.78 is 1.93. The second-order valence-electron chi connectivity index (χ2n) is 7.73. The summed E-state index contributed by atoms with van der Waals surface area (Å²) in [6.45, 7) is 12.4. The molecule has 0 amide bonds. The van der Waals surface area contributed by atoms with E-state index in [1.54, 1.807) is 0 Å². The monoisotopic (exact) mass is 397 g/mol. The summed E-state index contributed by atoms with van der Waals surface area (Å²) in [4.78, 5) is 9.42.